The van der Waals surface area contributed by atoms with Crippen molar-refractivity contribution in [3.8, 4) is 0 Å². The van der Waals surface area contributed by atoms with Crippen molar-refractivity contribution in [3.63, 3.8) is 0 Å². The molecule has 20 heteroatoms. The molecule has 1 saturated heterocycles. The zero-order valence-electron chi connectivity index (χ0n) is 35.0. The molecule has 0 aliphatic carbocycles. The SMILES string of the molecule is CC[C@H](C)[C@H](NC(=O)[C@H](C)NC(=O)[C@@H](NC(=O)[C@@H](N)CCCN=C(N)N)C(C)C)C(=O)N[C@@H](Cc1cnc[nH]1)C(=O)N1CCC[C@H]1C(=O)N[C@@H](Cc1ccccc1)C(=O)O. The molecule has 1 aromatic heterocycles. The molecule has 0 radical (unpaired) electrons. The first-order valence-corrected chi connectivity index (χ1v) is 20.3. The van der Waals surface area contributed by atoms with Crippen LogP contribution in [-0.4, -0.2) is 123 Å². The molecule has 2 heterocycles. The number of imidazole rings is 1. The lowest BCUT2D eigenvalue weighted by Gasteiger charge is -2.31. The first-order valence-electron chi connectivity index (χ1n) is 20.3. The average molecular weight is 839 g/mol. The second-order valence-corrected chi connectivity index (χ2v) is 15.5. The van der Waals surface area contributed by atoms with Gasteiger partial charge in [-0.1, -0.05) is 64.4 Å². The molecular weight excluding hydrogens is 777 g/mol. The molecule has 1 aliphatic rings. The molecule has 0 bridgehead atoms. The Bertz CT molecular complexity index is 1790. The summed E-state index contributed by atoms with van der Waals surface area (Å²) in [6, 6.07) is 1.15. The van der Waals surface area contributed by atoms with Gasteiger partial charge in [-0.15, -0.1) is 0 Å². The highest BCUT2D eigenvalue weighted by Crippen LogP contribution is 2.21. The number of nitrogens with two attached hydrogens (primary N) is 3. The number of carboxylic acids is 1. The molecule has 2 aromatic rings. The lowest BCUT2D eigenvalue weighted by molar-refractivity contribution is -0.145. The monoisotopic (exact) mass is 838 g/mol. The Balaban J connectivity index is 1.72. The van der Waals surface area contributed by atoms with Gasteiger partial charge in [0.2, 0.25) is 35.4 Å². The fraction of sp³-hybridized carbons (Fsp3) is 0.575. The molecule has 8 atom stereocenters. The highest BCUT2D eigenvalue weighted by molar-refractivity contribution is 5.97. The Kier molecular flexibility index (Phi) is 18.9. The van der Waals surface area contributed by atoms with Gasteiger partial charge in [0.15, 0.2) is 5.96 Å². The van der Waals surface area contributed by atoms with E-state index < -0.39 is 89.6 Å². The van der Waals surface area contributed by atoms with E-state index in [0.717, 1.165) is 0 Å². The third kappa shape index (κ3) is 14.6. The number of nitrogens with one attached hydrogen (secondary N) is 6. The van der Waals surface area contributed by atoms with E-state index in [2.05, 4.69) is 41.5 Å². The lowest BCUT2D eigenvalue weighted by atomic mass is 9.97. The number of carbonyl (C=O) groups excluding carboxylic acids is 6. The van der Waals surface area contributed by atoms with Crippen LogP contribution in [0.3, 0.4) is 0 Å². The number of aromatic nitrogens is 2. The maximum absolute atomic E-state index is 14.3. The Labute approximate surface area is 350 Å². The molecule has 0 spiro atoms. The number of aromatic amines is 1. The van der Waals surface area contributed by atoms with Crippen molar-refractivity contribution < 1.29 is 38.7 Å². The van der Waals surface area contributed by atoms with Crippen molar-refractivity contribution in [1.82, 2.24) is 41.5 Å². The maximum Gasteiger partial charge on any atom is 0.326 e. The number of benzene rings is 1. The standard InChI is InChI=1S/C40H62N12O8/c1-6-23(4)32(51-33(53)24(5)47-36(56)31(22(2)3)50-34(54)27(41)14-10-16-45-40(42)43)37(57)48-28(19-26-20-44-21-46-26)38(58)52-17-11-15-30(52)35(55)49-29(39(59)60)18-25-12-8-7-9-13-25/h7-9,12-13,20-24,27-32H,6,10-11,14-19,41H2,1-5H3,(H,44,46)(H,47,56)(H,48,57)(H,49,55)(H,50,54)(H,51,53)(H,59,60)(H4,42,43,45)/t23-,24-,27-,28-,29-,30-,31-,32-/m0/s1. The van der Waals surface area contributed by atoms with E-state index in [4.69, 9.17) is 17.2 Å². The molecule has 0 saturated carbocycles. The molecule has 20 nitrogen and oxygen atoms in total. The quantitative estimate of drug-likeness (QED) is 0.0359. The summed E-state index contributed by atoms with van der Waals surface area (Å²) in [6.07, 6.45) is 4.82. The highest BCUT2D eigenvalue weighted by atomic mass is 16.4. The van der Waals surface area contributed by atoms with Crippen molar-refractivity contribution >= 4 is 47.4 Å². The Hall–Kier alpha value is -6.05. The normalized spacial score (nSPS) is 17.2. The second kappa shape index (κ2) is 23.5. The second-order valence-electron chi connectivity index (χ2n) is 15.5. The minimum Gasteiger partial charge on any atom is -0.480 e. The van der Waals surface area contributed by atoms with Gasteiger partial charge in [-0.3, -0.25) is 33.8 Å². The molecule has 6 amide bonds. The van der Waals surface area contributed by atoms with E-state index in [-0.39, 0.29) is 50.7 Å². The minimum absolute atomic E-state index is 0.0307. The zero-order valence-corrected chi connectivity index (χ0v) is 35.0. The number of H-pyrrole nitrogens is 1. The first-order chi connectivity index (χ1) is 28.4. The maximum atomic E-state index is 14.3. The number of hydrogen-bond donors (Lipinski definition) is 10. The van der Waals surface area contributed by atoms with Gasteiger partial charge in [-0.05, 0) is 50.0 Å². The third-order valence-corrected chi connectivity index (χ3v) is 10.4. The predicted octanol–water partition coefficient (Wildman–Crippen LogP) is -1.20. The van der Waals surface area contributed by atoms with Crippen molar-refractivity contribution in [2.24, 2.45) is 34.0 Å². The Morgan fingerprint density at radius 2 is 1.55 bits per heavy atom. The molecule has 13 N–H and O–H groups in total. The largest absolute Gasteiger partial charge is 0.480 e. The highest BCUT2D eigenvalue weighted by Gasteiger charge is 2.40. The summed E-state index contributed by atoms with van der Waals surface area (Å²) in [7, 11) is 0. The van der Waals surface area contributed by atoms with Crippen LogP contribution in [0, 0.1) is 11.8 Å². The Morgan fingerprint density at radius 3 is 2.15 bits per heavy atom. The smallest absolute Gasteiger partial charge is 0.326 e. The number of carboxylic acid groups (broad SMARTS) is 1. The molecule has 0 unspecified atom stereocenters. The predicted molar refractivity (Wildman–Crippen MR) is 222 cm³/mol. The number of aliphatic imine (C=N–C) groups is 1. The third-order valence-electron chi connectivity index (χ3n) is 10.4. The van der Waals surface area contributed by atoms with Crippen LogP contribution in [0.5, 0.6) is 0 Å². The molecule has 60 heavy (non-hydrogen) atoms. The minimum atomic E-state index is -1.24. The fourth-order valence-corrected chi connectivity index (χ4v) is 6.69. The van der Waals surface area contributed by atoms with E-state index in [1.807, 2.05) is 6.92 Å². The van der Waals surface area contributed by atoms with Crippen LogP contribution >= 0.6 is 0 Å². The van der Waals surface area contributed by atoms with Gasteiger partial charge in [0.05, 0.1) is 12.4 Å². The summed E-state index contributed by atoms with van der Waals surface area (Å²) in [5, 5.41) is 23.3. The Morgan fingerprint density at radius 1 is 0.883 bits per heavy atom. The molecule has 330 valence electrons. The fourth-order valence-electron chi connectivity index (χ4n) is 6.69. The van der Waals surface area contributed by atoms with Crippen LogP contribution in [-0.2, 0) is 46.4 Å². The van der Waals surface area contributed by atoms with Crippen molar-refractivity contribution in [2.75, 3.05) is 13.1 Å². The van der Waals surface area contributed by atoms with E-state index in [9.17, 15) is 38.7 Å². The number of amides is 6. The van der Waals surface area contributed by atoms with Crippen LogP contribution in [0.2, 0.25) is 0 Å². The van der Waals surface area contributed by atoms with E-state index in [0.29, 0.717) is 30.5 Å². The lowest BCUT2D eigenvalue weighted by Crippen LogP contribution is -2.61. The first kappa shape index (κ1) is 48.3. The van der Waals surface area contributed by atoms with E-state index in [1.54, 1.807) is 51.1 Å². The zero-order chi connectivity index (χ0) is 44.5. The topological polar surface area (TPSA) is 322 Å². The van der Waals surface area contributed by atoms with Gasteiger partial charge in [0.1, 0.15) is 36.3 Å². The molecule has 1 fully saturated rings. The van der Waals surface area contributed by atoms with Gasteiger partial charge in [-0.25, -0.2) is 9.78 Å². The van der Waals surface area contributed by atoms with Gasteiger partial charge >= 0.3 is 5.97 Å². The molecule has 1 aromatic carbocycles. The number of likely N-dealkylation sites (tertiary alicyclic amines) is 1. The van der Waals surface area contributed by atoms with Crippen LogP contribution in [0.25, 0.3) is 0 Å². The van der Waals surface area contributed by atoms with Gasteiger partial charge in [0, 0.05) is 37.8 Å². The number of carbonyl (C=O) groups is 7. The molecule has 3 rings (SSSR count). The van der Waals surface area contributed by atoms with Crippen molar-refractivity contribution in [3.05, 3.63) is 54.1 Å². The summed E-state index contributed by atoms with van der Waals surface area (Å²) in [6.45, 7) is 8.93. The van der Waals surface area contributed by atoms with Crippen LogP contribution < -0.4 is 43.8 Å². The van der Waals surface area contributed by atoms with Crippen molar-refractivity contribution in [2.45, 2.75) is 122 Å². The van der Waals surface area contributed by atoms with Gasteiger partial charge in [-0.2, -0.15) is 0 Å². The van der Waals surface area contributed by atoms with E-state index >= 15 is 0 Å². The number of hydrogen-bond acceptors (Lipinski definition) is 10. The molecule has 1 aliphatic heterocycles. The molecular formula is C40H62N12O8. The summed E-state index contributed by atoms with van der Waals surface area (Å²) in [4.78, 5) is 106. The van der Waals surface area contributed by atoms with Crippen molar-refractivity contribution in [1.29, 1.82) is 0 Å². The van der Waals surface area contributed by atoms with Gasteiger partial charge in [0.25, 0.3) is 0 Å². The number of aliphatic carboxylic acids is 1. The van der Waals surface area contributed by atoms with Crippen LogP contribution in [0.4, 0.5) is 0 Å². The summed E-state index contributed by atoms with van der Waals surface area (Å²) >= 11 is 0. The summed E-state index contributed by atoms with van der Waals surface area (Å²) < 4.78 is 0. The summed E-state index contributed by atoms with van der Waals surface area (Å²) in [5.41, 5.74) is 17.9. The van der Waals surface area contributed by atoms with Gasteiger partial charge < -0.3 is 58.8 Å². The van der Waals surface area contributed by atoms with E-state index in [1.165, 1.54) is 24.3 Å². The number of nitrogens with zero attached hydrogens (tertiary/aromatic N) is 3. The number of guanidine groups is 1. The van der Waals surface area contributed by atoms with Crippen LogP contribution in [0.15, 0.2) is 47.8 Å². The van der Waals surface area contributed by atoms with Crippen LogP contribution in [0.1, 0.15) is 78.0 Å². The number of rotatable bonds is 23. The summed E-state index contributed by atoms with van der Waals surface area (Å²) in [5.74, 6) is -5.88. The average Bonchev–Trinajstić information content (AvgIpc) is 3.92.